The normalized spacial score (nSPS) is 22.5. The molecule has 0 amide bonds. The lowest BCUT2D eigenvalue weighted by Crippen LogP contribution is -2.36. The molecule has 4 nitrogen and oxygen atoms in total. The Morgan fingerprint density at radius 2 is 2.10 bits per heavy atom. The van der Waals surface area contributed by atoms with Crippen LogP contribution < -0.4 is 5.32 Å². The van der Waals surface area contributed by atoms with Crippen LogP contribution in [0.15, 0.2) is 24.3 Å². The molecule has 1 heterocycles. The number of piperidine rings is 1. The van der Waals surface area contributed by atoms with Gasteiger partial charge in [-0.25, -0.2) is 0 Å². The van der Waals surface area contributed by atoms with Gasteiger partial charge in [-0.3, -0.25) is 4.79 Å². The molecule has 1 aliphatic rings. The van der Waals surface area contributed by atoms with E-state index in [4.69, 9.17) is 9.84 Å². The zero-order valence-corrected chi connectivity index (χ0v) is 12.0. The Kier molecular flexibility index (Phi) is 5.56. The summed E-state index contributed by atoms with van der Waals surface area (Å²) in [4.78, 5) is 11.6. The molecule has 4 heteroatoms. The summed E-state index contributed by atoms with van der Waals surface area (Å²) in [6.07, 6.45) is 1.50. The number of ether oxygens (including phenoxy) is 1. The van der Waals surface area contributed by atoms with Crippen LogP contribution in [0.2, 0.25) is 0 Å². The molecule has 0 bridgehead atoms. The lowest BCUT2D eigenvalue weighted by atomic mass is 9.84. The molecular formula is C16H23NO3. The van der Waals surface area contributed by atoms with Crippen LogP contribution in [0.5, 0.6) is 0 Å². The van der Waals surface area contributed by atoms with Gasteiger partial charge in [-0.15, -0.1) is 0 Å². The molecule has 1 saturated heterocycles. The zero-order chi connectivity index (χ0) is 14.4. The van der Waals surface area contributed by atoms with Crippen molar-refractivity contribution in [1.29, 1.82) is 0 Å². The first kappa shape index (κ1) is 15.0. The van der Waals surface area contributed by atoms with Crippen molar-refractivity contribution in [2.24, 2.45) is 5.92 Å². The highest BCUT2D eigenvalue weighted by Crippen LogP contribution is 2.28. The van der Waals surface area contributed by atoms with E-state index in [1.54, 1.807) is 0 Å². The van der Waals surface area contributed by atoms with Crippen molar-refractivity contribution in [1.82, 2.24) is 5.32 Å². The Morgan fingerprint density at radius 3 is 2.75 bits per heavy atom. The molecule has 2 atom stereocenters. The Labute approximate surface area is 120 Å². The smallest absolute Gasteiger partial charge is 0.306 e. The molecule has 0 radical (unpaired) electrons. The van der Waals surface area contributed by atoms with E-state index >= 15 is 0 Å². The number of hydrogen-bond donors (Lipinski definition) is 2. The van der Waals surface area contributed by atoms with E-state index in [0.717, 1.165) is 25.1 Å². The SMILES string of the molecule is CCOC(=O)CC1CNCC(c2ccc(CO)cc2)C1. The summed E-state index contributed by atoms with van der Waals surface area (Å²) in [5.74, 6) is 0.664. The minimum Gasteiger partial charge on any atom is -0.466 e. The fourth-order valence-electron chi connectivity index (χ4n) is 2.79. The Balaban J connectivity index is 1.93. The number of rotatable bonds is 5. The first-order valence-corrected chi connectivity index (χ1v) is 7.29. The van der Waals surface area contributed by atoms with Crippen molar-refractivity contribution < 1.29 is 14.6 Å². The Bertz CT molecular complexity index is 430. The molecule has 1 aliphatic heterocycles. The van der Waals surface area contributed by atoms with Gasteiger partial charge in [0.25, 0.3) is 0 Å². The van der Waals surface area contributed by atoms with E-state index in [1.165, 1.54) is 5.56 Å². The summed E-state index contributed by atoms with van der Waals surface area (Å²) in [5, 5.41) is 12.5. The number of aliphatic hydroxyl groups excluding tert-OH is 1. The number of aliphatic hydroxyl groups is 1. The standard InChI is InChI=1S/C16H23NO3/c1-2-20-16(19)8-13-7-15(10-17-9-13)14-5-3-12(11-18)4-6-14/h3-6,13,15,17-18H,2,7-11H2,1H3. The maximum absolute atomic E-state index is 11.6. The molecule has 0 aliphatic carbocycles. The lowest BCUT2D eigenvalue weighted by Gasteiger charge is -2.30. The fourth-order valence-corrected chi connectivity index (χ4v) is 2.79. The average molecular weight is 277 g/mol. The molecule has 1 aromatic rings. The van der Waals surface area contributed by atoms with Gasteiger partial charge in [-0.2, -0.15) is 0 Å². The summed E-state index contributed by atoms with van der Waals surface area (Å²) >= 11 is 0. The predicted molar refractivity (Wildman–Crippen MR) is 77.3 cm³/mol. The molecule has 110 valence electrons. The molecule has 1 fully saturated rings. The highest BCUT2D eigenvalue weighted by Gasteiger charge is 2.25. The highest BCUT2D eigenvalue weighted by molar-refractivity contribution is 5.69. The third-order valence-electron chi connectivity index (χ3n) is 3.84. The summed E-state index contributed by atoms with van der Waals surface area (Å²) in [6, 6.07) is 8.07. The molecule has 20 heavy (non-hydrogen) atoms. The lowest BCUT2D eigenvalue weighted by molar-refractivity contribution is -0.144. The van der Waals surface area contributed by atoms with Gasteiger partial charge >= 0.3 is 5.97 Å². The van der Waals surface area contributed by atoms with Crippen molar-refractivity contribution in [3.05, 3.63) is 35.4 Å². The van der Waals surface area contributed by atoms with Gasteiger partial charge in [0.1, 0.15) is 0 Å². The van der Waals surface area contributed by atoms with Gasteiger partial charge in [0.15, 0.2) is 0 Å². The van der Waals surface area contributed by atoms with Crippen LogP contribution in [0.4, 0.5) is 0 Å². The van der Waals surface area contributed by atoms with E-state index in [-0.39, 0.29) is 12.6 Å². The summed E-state index contributed by atoms with van der Waals surface area (Å²) < 4.78 is 5.02. The average Bonchev–Trinajstić information content (AvgIpc) is 2.48. The van der Waals surface area contributed by atoms with Crippen LogP contribution >= 0.6 is 0 Å². The number of esters is 1. The minimum absolute atomic E-state index is 0.0781. The van der Waals surface area contributed by atoms with Gasteiger partial charge < -0.3 is 15.2 Å². The number of benzene rings is 1. The fraction of sp³-hybridized carbons (Fsp3) is 0.562. The van der Waals surface area contributed by atoms with Crippen molar-refractivity contribution in [3.8, 4) is 0 Å². The molecule has 2 N–H and O–H groups in total. The third-order valence-corrected chi connectivity index (χ3v) is 3.84. The summed E-state index contributed by atoms with van der Waals surface area (Å²) in [5.41, 5.74) is 2.20. The Morgan fingerprint density at radius 1 is 1.35 bits per heavy atom. The van der Waals surface area contributed by atoms with Crippen molar-refractivity contribution in [3.63, 3.8) is 0 Å². The zero-order valence-electron chi connectivity index (χ0n) is 12.0. The molecule has 0 saturated carbocycles. The van der Waals surface area contributed by atoms with Gasteiger partial charge in [0.2, 0.25) is 0 Å². The Hall–Kier alpha value is -1.39. The van der Waals surface area contributed by atoms with Crippen LogP contribution in [0.1, 0.15) is 36.8 Å². The van der Waals surface area contributed by atoms with E-state index in [9.17, 15) is 4.79 Å². The molecular weight excluding hydrogens is 254 g/mol. The maximum atomic E-state index is 11.6. The van der Waals surface area contributed by atoms with Crippen LogP contribution in [0.25, 0.3) is 0 Å². The number of carbonyl (C=O) groups is 1. The quantitative estimate of drug-likeness (QED) is 0.806. The predicted octanol–water partition coefficient (Wildman–Crippen LogP) is 1.83. The second kappa shape index (κ2) is 7.41. The minimum atomic E-state index is -0.101. The second-order valence-electron chi connectivity index (χ2n) is 5.37. The van der Waals surface area contributed by atoms with Gasteiger partial charge in [0, 0.05) is 13.0 Å². The summed E-state index contributed by atoms with van der Waals surface area (Å²) in [7, 11) is 0. The highest BCUT2D eigenvalue weighted by atomic mass is 16.5. The molecule has 0 aromatic heterocycles. The number of carbonyl (C=O) groups excluding carboxylic acids is 1. The topological polar surface area (TPSA) is 58.6 Å². The summed E-state index contributed by atoms with van der Waals surface area (Å²) in [6.45, 7) is 4.18. The van der Waals surface area contributed by atoms with Gasteiger partial charge in [-0.1, -0.05) is 24.3 Å². The maximum Gasteiger partial charge on any atom is 0.306 e. The molecule has 0 spiro atoms. The van der Waals surface area contributed by atoms with Crippen molar-refractivity contribution in [2.45, 2.75) is 32.3 Å². The van der Waals surface area contributed by atoms with Gasteiger partial charge in [0.05, 0.1) is 13.2 Å². The monoisotopic (exact) mass is 277 g/mol. The van der Waals surface area contributed by atoms with Crippen molar-refractivity contribution >= 4 is 5.97 Å². The molecule has 2 unspecified atom stereocenters. The molecule has 2 rings (SSSR count). The number of nitrogens with one attached hydrogen (secondary N) is 1. The van der Waals surface area contributed by atoms with E-state index in [0.29, 0.717) is 24.9 Å². The first-order chi connectivity index (χ1) is 9.72. The second-order valence-corrected chi connectivity index (χ2v) is 5.37. The first-order valence-electron chi connectivity index (χ1n) is 7.29. The molecule has 1 aromatic carbocycles. The van der Waals surface area contributed by atoms with E-state index in [2.05, 4.69) is 17.4 Å². The van der Waals surface area contributed by atoms with Gasteiger partial charge in [-0.05, 0) is 42.9 Å². The van der Waals surface area contributed by atoms with Crippen LogP contribution in [-0.4, -0.2) is 30.8 Å². The number of hydrogen-bond acceptors (Lipinski definition) is 4. The van der Waals surface area contributed by atoms with E-state index in [1.807, 2.05) is 19.1 Å². The van der Waals surface area contributed by atoms with Crippen molar-refractivity contribution in [2.75, 3.05) is 19.7 Å². The van der Waals surface area contributed by atoms with E-state index < -0.39 is 0 Å². The van der Waals surface area contributed by atoms with Crippen LogP contribution in [-0.2, 0) is 16.1 Å². The van der Waals surface area contributed by atoms with Crippen LogP contribution in [0, 0.1) is 5.92 Å². The third kappa shape index (κ3) is 4.05. The van der Waals surface area contributed by atoms with Crippen LogP contribution in [0.3, 0.4) is 0 Å². The largest absolute Gasteiger partial charge is 0.466 e.